The lowest BCUT2D eigenvalue weighted by Crippen LogP contribution is -2.51. The van der Waals surface area contributed by atoms with Crippen LogP contribution in [-0.4, -0.2) is 32.1 Å². The second kappa shape index (κ2) is 7.54. The summed E-state index contributed by atoms with van der Waals surface area (Å²) in [5.41, 5.74) is 0.0885. The highest BCUT2D eigenvalue weighted by atomic mass is 16.3. The number of carbonyl (C=O) groups excluding carboxylic acids is 2. The molecule has 4 aliphatic rings. The minimum Gasteiger partial charge on any atom is -0.390 e. The molecular formula is C26H38N2O3. The molecule has 31 heavy (non-hydrogen) atoms. The highest BCUT2D eigenvalue weighted by molar-refractivity contribution is 5.92. The van der Waals surface area contributed by atoms with Crippen molar-refractivity contribution in [3.05, 3.63) is 18.0 Å². The lowest BCUT2D eigenvalue weighted by atomic mass is 9.49. The van der Waals surface area contributed by atoms with Gasteiger partial charge in [-0.05, 0) is 106 Å². The van der Waals surface area contributed by atoms with Crippen molar-refractivity contribution >= 4 is 11.6 Å². The SMILES string of the molecule is CC(=O)c1ccn(CC(=O)[C@H]2CC[C@H]3[C@@H]4CC[C@@H]5C[C@](C)(O)CC[C@@H]5[C@H]4CC[C@]23C)n1. The van der Waals surface area contributed by atoms with Gasteiger partial charge in [0.25, 0.3) is 0 Å². The molecule has 0 amide bonds. The first-order valence-electron chi connectivity index (χ1n) is 12.5. The van der Waals surface area contributed by atoms with Crippen LogP contribution >= 0.6 is 0 Å². The number of carbonyl (C=O) groups is 2. The second-order valence-corrected chi connectivity index (χ2v) is 11.8. The van der Waals surface area contributed by atoms with Gasteiger partial charge in [-0.2, -0.15) is 5.10 Å². The average Bonchev–Trinajstić information content (AvgIpc) is 3.31. The van der Waals surface area contributed by atoms with Crippen molar-refractivity contribution in [2.24, 2.45) is 40.9 Å². The van der Waals surface area contributed by atoms with Crippen molar-refractivity contribution < 1.29 is 14.7 Å². The van der Waals surface area contributed by atoms with E-state index < -0.39 is 5.60 Å². The monoisotopic (exact) mass is 426 g/mol. The molecule has 170 valence electrons. The molecule has 0 bridgehead atoms. The van der Waals surface area contributed by atoms with E-state index in [0.29, 0.717) is 23.3 Å². The number of fused-ring (bicyclic) bond motifs is 5. The molecule has 5 heteroatoms. The predicted octanol–water partition coefficient (Wildman–Crippen LogP) is 4.67. The van der Waals surface area contributed by atoms with E-state index in [1.165, 1.54) is 39.0 Å². The van der Waals surface area contributed by atoms with Gasteiger partial charge in [-0.1, -0.05) is 6.92 Å². The summed E-state index contributed by atoms with van der Waals surface area (Å²) in [5, 5.41) is 14.9. The topological polar surface area (TPSA) is 72.2 Å². The summed E-state index contributed by atoms with van der Waals surface area (Å²) in [5.74, 6) is 4.06. The minimum atomic E-state index is -0.461. The third kappa shape index (κ3) is 3.61. The first-order chi connectivity index (χ1) is 14.7. The molecule has 8 atom stereocenters. The number of ketones is 2. The van der Waals surface area contributed by atoms with E-state index >= 15 is 0 Å². The summed E-state index contributed by atoms with van der Waals surface area (Å²) in [7, 11) is 0. The summed E-state index contributed by atoms with van der Waals surface area (Å²) in [6, 6.07) is 1.71. The van der Waals surface area contributed by atoms with Crippen molar-refractivity contribution in [3.63, 3.8) is 0 Å². The molecule has 0 saturated heterocycles. The highest BCUT2D eigenvalue weighted by Gasteiger charge is 2.58. The van der Waals surface area contributed by atoms with Gasteiger partial charge in [0.2, 0.25) is 0 Å². The van der Waals surface area contributed by atoms with E-state index in [9.17, 15) is 14.7 Å². The van der Waals surface area contributed by atoms with Crippen molar-refractivity contribution in [1.29, 1.82) is 0 Å². The number of aromatic nitrogens is 2. The summed E-state index contributed by atoms with van der Waals surface area (Å²) in [6.07, 6.45) is 12.0. The maximum Gasteiger partial charge on any atom is 0.179 e. The van der Waals surface area contributed by atoms with Gasteiger partial charge >= 0.3 is 0 Å². The van der Waals surface area contributed by atoms with Gasteiger partial charge in [-0.25, -0.2) is 0 Å². The molecule has 5 nitrogen and oxygen atoms in total. The van der Waals surface area contributed by atoms with Gasteiger partial charge in [-0.15, -0.1) is 0 Å². The second-order valence-electron chi connectivity index (χ2n) is 11.8. The molecule has 4 fully saturated rings. The molecule has 1 aromatic rings. The Labute approximate surface area is 186 Å². The fraction of sp³-hybridized carbons (Fsp3) is 0.808. The molecule has 4 aliphatic carbocycles. The van der Waals surface area contributed by atoms with Crippen LogP contribution in [0.3, 0.4) is 0 Å². The van der Waals surface area contributed by atoms with Crippen LogP contribution in [0.5, 0.6) is 0 Å². The quantitative estimate of drug-likeness (QED) is 0.710. The zero-order chi connectivity index (χ0) is 22.0. The first-order valence-corrected chi connectivity index (χ1v) is 12.5. The molecular weight excluding hydrogens is 388 g/mol. The molecule has 0 spiro atoms. The van der Waals surface area contributed by atoms with Gasteiger partial charge in [-0.3, -0.25) is 14.3 Å². The number of rotatable bonds is 4. The Bertz CT molecular complexity index is 874. The summed E-state index contributed by atoms with van der Waals surface area (Å²) in [4.78, 5) is 24.9. The zero-order valence-electron chi connectivity index (χ0n) is 19.3. The maximum atomic E-state index is 13.3. The first kappa shape index (κ1) is 21.4. The van der Waals surface area contributed by atoms with Crippen LogP contribution in [0.1, 0.15) is 89.0 Å². The third-order valence-corrected chi connectivity index (χ3v) is 9.94. The minimum absolute atomic E-state index is 0.0581. The van der Waals surface area contributed by atoms with E-state index in [4.69, 9.17) is 0 Å². The lowest BCUT2D eigenvalue weighted by molar-refractivity contribution is -0.133. The van der Waals surface area contributed by atoms with Crippen molar-refractivity contribution in [2.75, 3.05) is 0 Å². The average molecular weight is 427 g/mol. The van der Waals surface area contributed by atoms with Gasteiger partial charge in [0, 0.05) is 19.0 Å². The van der Waals surface area contributed by atoms with Crippen LogP contribution in [0.4, 0.5) is 0 Å². The Kier molecular flexibility index (Phi) is 5.19. The number of hydrogen-bond donors (Lipinski definition) is 1. The lowest BCUT2D eigenvalue weighted by Gasteiger charge is -2.56. The van der Waals surface area contributed by atoms with Gasteiger partial charge in [0.1, 0.15) is 5.69 Å². The Hall–Kier alpha value is -1.49. The van der Waals surface area contributed by atoms with Crippen molar-refractivity contribution in [2.45, 2.75) is 90.7 Å². The van der Waals surface area contributed by atoms with Crippen LogP contribution in [0, 0.1) is 40.9 Å². The predicted molar refractivity (Wildman–Crippen MR) is 118 cm³/mol. The number of hydrogen-bond acceptors (Lipinski definition) is 4. The normalized spacial score (nSPS) is 44.3. The molecule has 1 N–H and O–H groups in total. The molecule has 1 aromatic heterocycles. The third-order valence-electron chi connectivity index (χ3n) is 9.94. The molecule has 0 aliphatic heterocycles. The Morgan fingerprint density at radius 2 is 1.84 bits per heavy atom. The maximum absolute atomic E-state index is 13.3. The molecule has 5 rings (SSSR count). The van der Waals surface area contributed by atoms with Crippen LogP contribution in [0.15, 0.2) is 12.3 Å². The number of nitrogens with zero attached hydrogens (tertiary/aromatic N) is 2. The summed E-state index contributed by atoms with van der Waals surface area (Å²) in [6.45, 7) is 6.22. The van der Waals surface area contributed by atoms with E-state index in [1.807, 2.05) is 6.92 Å². The fourth-order valence-electron chi connectivity index (χ4n) is 8.52. The highest BCUT2D eigenvalue weighted by Crippen LogP contribution is 2.64. The standard InChI is InChI=1S/C26H38N2O3/c1-16(29)23-10-13-28(27-23)15-24(30)22-7-6-21-20-5-4-17-14-25(2,31)11-8-18(17)19(20)9-12-26(21,22)3/h10,13,17-22,31H,4-9,11-12,14-15H2,1-3H3/t17-,18+,19-,20-,21+,22-,25-,26+/m1/s1. The van der Waals surface area contributed by atoms with Crippen LogP contribution < -0.4 is 0 Å². The van der Waals surface area contributed by atoms with Crippen molar-refractivity contribution in [3.8, 4) is 0 Å². The van der Waals surface area contributed by atoms with Crippen LogP contribution in [0.25, 0.3) is 0 Å². The van der Waals surface area contributed by atoms with E-state index in [1.54, 1.807) is 16.9 Å². The Morgan fingerprint density at radius 3 is 2.58 bits per heavy atom. The van der Waals surface area contributed by atoms with E-state index in [0.717, 1.165) is 43.4 Å². The summed E-state index contributed by atoms with van der Waals surface area (Å²) < 4.78 is 1.65. The van der Waals surface area contributed by atoms with E-state index in [-0.39, 0.29) is 23.7 Å². The van der Waals surface area contributed by atoms with Gasteiger partial charge < -0.3 is 5.11 Å². The smallest absolute Gasteiger partial charge is 0.179 e. The molecule has 0 aromatic carbocycles. The van der Waals surface area contributed by atoms with Crippen molar-refractivity contribution in [1.82, 2.24) is 9.78 Å². The Morgan fingerprint density at radius 1 is 1.06 bits per heavy atom. The zero-order valence-corrected chi connectivity index (χ0v) is 19.3. The van der Waals surface area contributed by atoms with Crippen LogP contribution in [0.2, 0.25) is 0 Å². The number of aliphatic hydroxyl groups is 1. The van der Waals surface area contributed by atoms with Crippen LogP contribution in [-0.2, 0) is 11.3 Å². The fourth-order valence-corrected chi connectivity index (χ4v) is 8.52. The Balaban J connectivity index is 1.29. The molecule has 1 heterocycles. The molecule has 4 saturated carbocycles. The molecule has 0 radical (unpaired) electrons. The van der Waals surface area contributed by atoms with Gasteiger partial charge in [0.15, 0.2) is 11.6 Å². The number of Topliss-reactive ketones (excluding diaryl/α,β-unsaturated/α-hetero) is 2. The molecule has 0 unspecified atom stereocenters. The van der Waals surface area contributed by atoms with Gasteiger partial charge in [0.05, 0.1) is 12.1 Å². The largest absolute Gasteiger partial charge is 0.390 e. The summed E-state index contributed by atoms with van der Waals surface area (Å²) >= 11 is 0. The van der Waals surface area contributed by atoms with E-state index in [2.05, 4.69) is 12.0 Å².